The zero-order valence-electron chi connectivity index (χ0n) is 17.8. The van der Waals surface area contributed by atoms with Gasteiger partial charge in [0.05, 0.1) is 4.90 Å². The third-order valence-corrected chi connectivity index (χ3v) is 7.78. The monoisotopic (exact) mass is 445 g/mol. The maximum Gasteiger partial charge on any atom is 0.261 e. The molecule has 0 radical (unpaired) electrons. The quantitative estimate of drug-likeness (QED) is 0.763. The van der Waals surface area contributed by atoms with Crippen molar-refractivity contribution in [1.29, 1.82) is 0 Å². The van der Waals surface area contributed by atoms with E-state index < -0.39 is 15.8 Å². The molecule has 2 aliphatic heterocycles. The number of amides is 1. The minimum Gasteiger partial charge on any atom is -0.334 e. The average Bonchev–Trinajstić information content (AvgIpc) is 3.39. The average molecular weight is 446 g/mol. The van der Waals surface area contributed by atoms with Gasteiger partial charge in [0.15, 0.2) is 0 Å². The molecule has 4 rings (SSSR count). The number of anilines is 1. The molecule has 0 aliphatic carbocycles. The molecule has 1 amide bonds. The van der Waals surface area contributed by atoms with Gasteiger partial charge in [-0.3, -0.25) is 14.4 Å². The zero-order valence-corrected chi connectivity index (χ0v) is 18.7. The van der Waals surface area contributed by atoms with Crippen molar-refractivity contribution in [2.75, 3.05) is 24.4 Å². The van der Waals surface area contributed by atoms with Crippen LogP contribution in [0, 0.1) is 12.7 Å². The van der Waals surface area contributed by atoms with Crippen molar-refractivity contribution < 1.29 is 17.6 Å². The lowest BCUT2D eigenvalue weighted by molar-refractivity contribution is 0.0712. The van der Waals surface area contributed by atoms with Crippen molar-refractivity contribution in [3.63, 3.8) is 0 Å². The normalized spacial score (nSPS) is 22.1. The number of nitrogens with one attached hydrogen (secondary N) is 1. The topological polar surface area (TPSA) is 69.7 Å². The van der Waals surface area contributed by atoms with Gasteiger partial charge in [0.1, 0.15) is 5.82 Å². The van der Waals surface area contributed by atoms with Crippen LogP contribution >= 0.6 is 0 Å². The maximum absolute atomic E-state index is 13.8. The molecule has 0 bridgehead atoms. The largest absolute Gasteiger partial charge is 0.334 e. The molecule has 2 aromatic rings. The molecule has 2 heterocycles. The molecule has 0 aromatic heterocycles. The van der Waals surface area contributed by atoms with Crippen LogP contribution in [0.25, 0.3) is 0 Å². The van der Waals surface area contributed by atoms with Crippen molar-refractivity contribution >= 4 is 21.6 Å². The van der Waals surface area contributed by atoms with E-state index in [1.165, 1.54) is 25.0 Å². The highest BCUT2D eigenvalue weighted by molar-refractivity contribution is 7.92. The SMILES string of the molecule is Cc1ccc(S(=O)(=O)Nc2cccc(C(=O)N3CCC(N4CCCC4)C3C)c2)cc1F. The van der Waals surface area contributed by atoms with E-state index in [9.17, 15) is 17.6 Å². The van der Waals surface area contributed by atoms with Crippen molar-refractivity contribution in [1.82, 2.24) is 9.80 Å². The lowest BCUT2D eigenvalue weighted by atomic mass is 10.1. The summed E-state index contributed by atoms with van der Waals surface area (Å²) in [5.74, 6) is -0.681. The summed E-state index contributed by atoms with van der Waals surface area (Å²) in [4.78, 5) is 17.4. The summed E-state index contributed by atoms with van der Waals surface area (Å²) in [6.07, 6.45) is 3.38. The van der Waals surface area contributed by atoms with Gasteiger partial charge >= 0.3 is 0 Å². The fourth-order valence-electron chi connectivity index (χ4n) is 4.61. The Morgan fingerprint density at radius 1 is 1.10 bits per heavy atom. The lowest BCUT2D eigenvalue weighted by Crippen LogP contribution is -2.44. The molecule has 0 spiro atoms. The predicted molar refractivity (Wildman–Crippen MR) is 118 cm³/mol. The van der Waals surface area contributed by atoms with E-state index in [1.807, 2.05) is 4.90 Å². The molecule has 2 saturated heterocycles. The van der Waals surface area contributed by atoms with Crippen molar-refractivity contribution in [2.45, 2.75) is 50.1 Å². The Morgan fingerprint density at radius 2 is 1.84 bits per heavy atom. The van der Waals surface area contributed by atoms with Crippen LogP contribution in [0.4, 0.5) is 10.1 Å². The van der Waals surface area contributed by atoms with E-state index in [1.54, 1.807) is 31.2 Å². The van der Waals surface area contributed by atoms with Gasteiger partial charge in [-0.25, -0.2) is 12.8 Å². The molecule has 2 aromatic carbocycles. The van der Waals surface area contributed by atoms with Crippen LogP contribution in [0.3, 0.4) is 0 Å². The third kappa shape index (κ3) is 4.45. The van der Waals surface area contributed by atoms with E-state index in [0.717, 1.165) is 25.6 Å². The number of sulfonamides is 1. The molecule has 1 N–H and O–H groups in total. The third-order valence-electron chi connectivity index (χ3n) is 6.40. The van der Waals surface area contributed by atoms with Crippen LogP contribution in [0.15, 0.2) is 47.4 Å². The van der Waals surface area contributed by atoms with E-state index in [2.05, 4.69) is 16.5 Å². The highest BCUT2D eigenvalue weighted by atomic mass is 32.2. The second-order valence-electron chi connectivity index (χ2n) is 8.44. The number of aryl methyl sites for hydroxylation is 1. The van der Waals surface area contributed by atoms with Crippen LogP contribution < -0.4 is 4.72 Å². The summed E-state index contributed by atoms with van der Waals surface area (Å²) in [5, 5.41) is 0. The number of nitrogens with zero attached hydrogens (tertiary/aromatic N) is 2. The predicted octanol–water partition coefficient (Wildman–Crippen LogP) is 3.63. The van der Waals surface area contributed by atoms with Gasteiger partial charge in [-0.1, -0.05) is 12.1 Å². The highest BCUT2D eigenvalue weighted by Crippen LogP contribution is 2.28. The fourth-order valence-corrected chi connectivity index (χ4v) is 5.67. The van der Waals surface area contributed by atoms with Crippen LogP contribution in [-0.2, 0) is 10.0 Å². The molecule has 31 heavy (non-hydrogen) atoms. The first-order valence-corrected chi connectivity index (χ1v) is 12.2. The highest BCUT2D eigenvalue weighted by Gasteiger charge is 2.38. The number of carbonyl (C=O) groups is 1. The van der Waals surface area contributed by atoms with Gasteiger partial charge in [0.2, 0.25) is 0 Å². The first-order chi connectivity index (χ1) is 14.8. The molecular weight excluding hydrogens is 417 g/mol. The maximum atomic E-state index is 13.8. The standard InChI is InChI=1S/C23H28FN3O3S/c1-16-8-9-20(15-21(16)24)31(29,30)25-19-7-5-6-18(14-19)23(28)27-13-10-22(17(27)2)26-11-3-4-12-26/h5-9,14-15,17,22,25H,3-4,10-13H2,1-2H3. The number of hydrogen-bond acceptors (Lipinski definition) is 4. The second kappa shape index (κ2) is 8.59. The molecule has 2 aliphatic rings. The Bertz CT molecular complexity index is 1080. The number of likely N-dealkylation sites (tertiary alicyclic amines) is 2. The van der Waals surface area contributed by atoms with Crippen LogP contribution in [-0.4, -0.2) is 55.8 Å². The Morgan fingerprint density at radius 3 is 2.55 bits per heavy atom. The van der Waals surface area contributed by atoms with Crippen molar-refractivity contribution in [3.05, 3.63) is 59.4 Å². The van der Waals surface area contributed by atoms with Crippen LogP contribution in [0.5, 0.6) is 0 Å². The molecule has 0 saturated carbocycles. The summed E-state index contributed by atoms with van der Waals surface area (Å²) in [6, 6.07) is 10.7. The number of hydrogen-bond donors (Lipinski definition) is 1. The van der Waals surface area contributed by atoms with Crippen molar-refractivity contribution in [3.8, 4) is 0 Å². The van der Waals surface area contributed by atoms with E-state index in [4.69, 9.17) is 0 Å². The number of halogens is 1. The molecular formula is C23H28FN3O3S. The zero-order chi connectivity index (χ0) is 22.2. The Balaban J connectivity index is 1.50. The van der Waals surface area contributed by atoms with Gasteiger partial charge in [-0.05, 0) is 82.1 Å². The molecule has 6 nitrogen and oxygen atoms in total. The Kier molecular flexibility index (Phi) is 6.03. The van der Waals surface area contributed by atoms with E-state index in [-0.39, 0.29) is 22.5 Å². The summed E-state index contributed by atoms with van der Waals surface area (Å²) < 4.78 is 41.6. The number of carbonyl (C=O) groups excluding carboxylic acids is 1. The van der Waals surface area contributed by atoms with Gasteiger partial charge < -0.3 is 4.90 Å². The first kappa shape index (κ1) is 21.8. The number of rotatable bonds is 5. The van der Waals surface area contributed by atoms with Gasteiger partial charge in [-0.2, -0.15) is 0 Å². The second-order valence-corrected chi connectivity index (χ2v) is 10.1. The summed E-state index contributed by atoms with van der Waals surface area (Å²) >= 11 is 0. The van der Waals surface area contributed by atoms with E-state index in [0.29, 0.717) is 23.7 Å². The molecule has 166 valence electrons. The minimum atomic E-state index is -3.97. The molecule has 2 unspecified atom stereocenters. The number of benzene rings is 2. The summed E-state index contributed by atoms with van der Waals surface area (Å²) in [7, 11) is -3.97. The van der Waals surface area contributed by atoms with Gasteiger partial charge in [0.25, 0.3) is 15.9 Å². The molecule has 2 fully saturated rings. The fraction of sp³-hybridized carbons (Fsp3) is 0.435. The first-order valence-electron chi connectivity index (χ1n) is 10.7. The minimum absolute atomic E-state index is 0.100. The Hall–Kier alpha value is -2.45. The Labute approximate surface area is 183 Å². The lowest BCUT2D eigenvalue weighted by Gasteiger charge is -2.30. The summed E-state index contributed by atoms with van der Waals surface area (Å²) in [6.45, 7) is 6.54. The molecule has 8 heteroatoms. The molecule has 2 atom stereocenters. The van der Waals surface area contributed by atoms with Crippen LogP contribution in [0.1, 0.15) is 42.1 Å². The summed E-state index contributed by atoms with van der Waals surface area (Å²) in [5.41, 5.74) is 1.08. The van der Waals surface area contributed by atoms with Gasteiger partial charge in [0, 0.05) is 29.9 Å². The van der Waals surface area contributed by atoms with Gasteiger partial charge in [-0.15, -0.1) is 0 Å². The van der Waals surface area contributed by atoms with Crippen molar-refractivity contribution in [2.24, 2.45) is 0 Å². The smallest absolute Gasteiger partial charge is 0.261 e. The van der Waals surface area contributed by atoms with Crippen LogP contribution in [0.2, 0.25) is 0 Å². The van der Waals surface area contributed by atoms with E-state index >= 15 is 0 Å².